The molecule has 0 saturated carbocycles. The minimum Gasteiger partial charge on any atom is -0.378 e. The molecule has 1 aliphatic heterocycles. The number of anilines is 1. The van der Waals surface area contributed by atoms with Crippen LogP contribution in [-0.4, -0.2) is 58.6 Å². The summed E-state index contributed by atoms with van der Waals surface area (Å²) in [7, 11) is 0. The maximum atomic E-state index is 14.1. The third-order valence-electron chi connectivity index (χ3n) is 5.78. The molecule has 0 atom stereocenters. The first-order valence-corrected chi connectivity index (χ1v) is 11.6. The number of hydrogen-bond donors (Lipinski definition) is 1. The van der Waals surface area contributed by atoms with Crippen LogP contribution in [0.3, 0.4) is 0 Å². The number of carbonyl (C=O) groups is 1. The number of halogens is 5. The summed E-state index contributed by atoms with van der Waals surface area (Å²) >= 11 is 0. The summed E-state index contributed by atoms with van der Waals surface area (Å²) in [5.74, 6) is -1.15. The van der Waals surface area contributed by atoms with E-state index in [9.17, 15) is 26.7 Å². The number of pyridine rings is 1. The summed E-state index contributed by atoms with van der Waals surface area (Å²) in [5.41, 5.74) is -0.198. The van der Waals surface area contributed by atoms with Gasteiger partial charge in [0.1, 0.15) is 17.5 Å². The molecule has 1 aliphatic rings. The van der Waals surface area contributed by atoms with Crippen LogP contribution >= 0.6 is 0 Å². The first-order valence-electron chi connectivity index (χ1n) is 11.6. The highest BCUT2D eigenvalue weighted by molar-refractivity contribution is 5.76. The molecule has 0 spiro atoms. The number of rotatable bonds is 8. The van der Waals surface area contributed by atoms with Crippen molar-refractivity contribution in [3.63, 3.8) is 0 Å². The molecular formula is C25H24F5N5O2. The number of carbonyl (C=O) groups excluding carboxylic acids is 1. The van der Waals surface area contributed by atoms with Crippen molar-refractivity contribution >= 4 is 11.7 Å². The van der Waals surface area contributed by atoms with Gasteiger partial charge in [0.25, 0.3) is 0 Å². The number of hydrogen-bond acceptors (Lipinski definition) is 6. The summed E-state index contributed by atoms with van der Waals surface area (Å²) in [5, 5.41) is 3.03. The highest BCUT2D eigenvalue weighted by Gasteiger charge is 2.31. The Morgan fingerprint density at radius 3 is 2.54 bits per heavy atom. The Hall–Kier alpha value is -3.67. The van der Waals surface area contributed by atoms with E-state index in [0.29, 0.717) is 44.0 Å². The zero-order valence-corrected chi connectivity index (χ0v) is 19.7. The number of aromatic nitrogens is 3. The molecule has 196 valence electrons. The second kappa shape index (κ2) is 11.6. The van der Waals surface area contributed by atoms with E-state index >= 15 is 0 Å². The molecule has 7 nitrogen and oxygen atoms in total. The molecule has 0 unspecified atom stereocenters. The van der Waals surface area contributed by atoms with E-state index in [1.807, 2.05) is 0 Å². The molecule has 1 amide bonds. The van der Waals surface area contributed by atoms with Crippen molar-refractivity contribution in [2.24, 2.45) is 0 Å². The van der Waals surface area contributed by atoms with Gasteiger partial charge in [0.05, 0.1) is 18.8 Å². The number of aryl methyl sites for hydroxylation is 2. The smallest absolute Gasteiger partial charge is 0.378 e. The van der Waals surface area contributed by atoms with E-state index in [2.05, 4.69) is 20.3 Å². The zero-order valence-electron chi connectivity index (χ0n) is 19.7. The average Bonchev–Trinajstić information content (AvgIpc) is 2.88. The third-order valence-corrected chi connectivity index (χ3v) is 5.78. The van der Waals surface area contributed by atoms with Gasteiger partial charge in [-0.25, -0.2) is 18.7 Å². The lowest BCUT2D eigenvalue weighted by atomic mass is 10.1. The number of benzene rings is 1. The second-order valence-electron chi connectivity index (χ2n) is 8.43. The van der Waals surface area contributed by atoms with Gasteiger partial charge in [-0.1, -0.05) is 6.07 Å². The molecule has 1 fully saturated rings. The largest absolute Gasteiger partial charge is 0.417 e. The van der Waals surface area contributed by atoms with E-state index in [4.69, 9.17) is 4.74 Å². The van der Waals surface area contributed by atoms with E-state index in [-0.39, 0.29) is 48.7 Å². The molecule has 37 heavy (non-hydrogen) atoms. The van der Waals surface area contributed by atoms with E-state index in [1.165, 1.54) is 12.3 Å². The number of nitrogens with one attached hydrogen (secondary N) is 1. The number of nitrogens with zero attached hydrogens (tertiary/aromatic N) is 4. The van der Waals surface area contributed by atoms with Gasteiger partial charge in [-0.15, -0.1) is 0 Å². The van der Waals surface area contributed by atoms with Crippen LogP contribution in [0.2, 0.25) is 0 Å². The molecule has 3 heterocycles. The summed E-state index contributed by atoms with van der Waals surface area (Å²) in [6.45, 7) is 2.24. The average molecular weight is 521 g/mol. The fraction of sp³-hybridized carbons (Fsp3) is 0.360. The Labute approximate surface area is 209 Å². The Morgan fingerprint density at radius 2 is 1.81 bits per heavy atom. The van der Waals surface area contributed by atoms with Crippen LogP contribution in [0.1, 0.15) is 23.2 Å². The summed E-state index contributed by atoms with van der Waals surface area (Å²) in [6.07, 6.45) is -2.09. The van der Waals surface area contributed by atoms with Crippen molar-refractivity contribution in [3.05, 3.63) is 71.2 Å². The van der Waals surface area contributed by atoms with Crippen LogP contribution in [0.4, 0.5) is 27.8 Å². The lowest BCUT2D eigenvalue weighted by Crippen LogP contribution is -2.41. The number of morpholine rings is 1. The van der Waals surface area contributed by atoms with E-state index in [0.717, 1.165) is 18.2 Å². The molecule has 3 aromatic rings. The lowest BCUT2D eigenvalue weighted by Gasteiger charge is -2.26. The summed E-state index contributed by atoms with van der Waals surface area (Å²) in [6, 6.07) is 5.76. The van der Waals surface area contributed by atoms with E-state index < -0.39 is 23.4 Å². The SMILES string of the molecule is O=C(CCNc1cc(CCc2ccc(F)cc2F)nc(-c2cncc(C(F)(F)F)c2)n1)N1CCOCC1. The van der Waals surface area contributed by atoms with Crippen LogP contribution in [0.5, 0.6) is 0 Å². The Morgan fingerprint density at radius 1 is 1.03 bits per heavy atom. The standard InChI is InChI=1S/C25H24F5N5O2/c26-19-3-1-16(21(27)12-19)2-4-20-13-22(32-6-5-23(36)35-7-9-37-10-8-35)34-24(33-20)17-11-18(15-31-14-17)25(28,29)30/h1,3,11-15H,2,4-10H2,(H,32,33,34). The number of alkyl halides is 3. The number of amides is 1. The molecule has 2 aromatic heterocycles. The van der Waals surface area contributed by atoms with Crippen molar-refractivity contribution in [1.29, 1.82) is 0 Å². The van der Waals surface area contributed by atoms with Crippen molar-refractivity contribution in [1.82, 2.24) is 19.9 Å². The third kappa shape index (κ3) is 7.19. The molecule has 0 bridgehead atoms. The predicted molar refractivity (Wildman–Crippen MR) is 125 cm³/mol. The van der Waals surface area contributed by atoms with Crippen LogP contribution < -0.4 is 5.32 Å². The van der Waals surface area contributed by atoms with Crippen molar-refractivity contribution in [3.8, 4) is 11.4 Å². The topological polar surface area (TPSA) is 80.2 Å². The van der Waals surface area contributed by atoms with Gasteiger partial charge in [-0.3, -0.25) is 9.78 Å². The molecule has 0 aliphatic carbocycles. The first kappa shape index (κ1) is 26.4. The maximum Gasteiger partial charge on any atom is 0.417 e. The van der Waals surface area contributed by atoms with Gasteiger partial charge in [0.15, 0.2) is 5.82 Å². The van der Waals surface area contributed by atoms with E-state index in [1.54, 1.807) is 11.0 Å². The number of ether oxygens (including phenoxy) is 1. The van der Waals surface area contributed by atoms with Crippen LogP contribution in [0.25, 0.3) is 11.4 Å². The van der Waals surface area contributed by atoms with Crippen LogP contribution in [-0.2, 0) is 28.5 Å². The van der Waals surface area contributed by atoms with Crippen molar-refractivity contribution in [2.75, 3.05) is 38.2 Å². The van der Waals surface area contributed by atoms with Gasteiger partial charge in [0.2, 0.25) is 5.91 Å². The van der Waals surface area contributed by atoms with Gasteiger partial charge in [-0.2, -0.15) is 13.2 Å². The molecule has 0 radical (unpaired) electrons. The zero-order chi connectivity index (χ0) is 26.4. The molecule has 1 aromatic carbocycles. The summed E-state index contributed by atoms with van der Waals surface area (Å²) in [4.78, 5) is 26.5. The minimum absolute atomic E-state index is 0.00214. The predicted octanol–water partition coefficient (Wildman–Crippen LogP) is 4.28. The van der Waals surface area contributed by atoms with Gasteiger partial charge in [0, 0.05) is 61.8 Å². The monoisotopic (exact) mass is 521 g/mol. The Balaban J connectivity index is 1.54. The molecule has 1 N–H and O–H groups in total. The fourth-order valence-corrected chi connectivity index (χ4v) is 3.82. The maximum absolute atomic E-state index is 14.1. The highest BCUT2D eigenvalue weighted by Crippen LogP contribution is 2.31. The Bertz CT molecular complexity index is 1250. The molecular weight excluding hydrogens is 497 g/mol. The van der Waals surface area contributed by atoms with Crippen molar-refractivity contribution < 1.29 is 31.5 Å². The Kier molecular flexibility index (Phi) is 8.27. The first-order chi connectivity index (χ1) is 17.7. The van der Waals surface area contributed by atoms with Crippen LogP contribution in [0.15, 0.2) is 42.7 Å². The molecule has 12 heteroatoms. The van der Waals surface area contributed by atoms with Gasteiger partial charge < -0.3 is 15.0 Å². The van der Waals surface area contributed by atoms with Gasteiger partial charge in [-0.05, 0) is 30.5 Å². The molecule has 4 rings (SSSR count). The van der Waals surface area contributed by atoms with Crippen molar-refractivity contribution in [2.45, 2.75) is 25.4 Å². The fourth-order valence-electron chi connectivity index (χ4n) is 3.82. The highest BCUT2D eigenvalue weighted by atomic mass is 19.4. The molecule has 1 saturated heterocycles. The second-order valence-corrected chi connectivity index (χ2v) is 8.43. The summed E-state index contributed by atoms with van der Waals surface area (Å²) < 4.78 is 72.2. The van der Waals surface area contributed by atoms with Gasteiger partial charge >= 0.3 is 6.18 Å². The normalized spacial score (nSPS) is 14.0. The lowest BCUT2D eigenvalue weighted by molar-refractivity contribution is -0.138. The van der Waals surface area contributed by atoms with Crippen LogP contribution in [0, 0.1) is 11.6 Å². The minimum atomic E-state index is -4.60. The quantitative estimate of drug-likeness (QED) is 0.446.